The molecule has 4 nitrogen and oxygen atoms in total. The first-order chi connectivity index (χ1) is 6.76. The van der Waals surface area contributed by atoms with Crippen molar-refractivity contribution in [3.63, 3.8) is 0 Å². The van der Waals surface area contributed by atoms with Crippen LogP contribution in [-0.2, 0) is 9.53 Å². The van der Waals surface area contributed by atoms with E-state index in [1.165, 1.54) is 0 Å². The minimum Gasteiger partial charge on any atom is -0.381 e. The van der Waals surface area contributed by atoms with Crippen molar-refractivity contribution >= 4 is 5.91 Å². The summed E-state index contributed by atoms with van der Waals surface area (Å²) in [4.78, 5) is 11.6. The Morgan fingerprint density at radius 3 is 2.64 bits per heavy atom. The summed E-state index contributed by atoms with van der Waals surface area (Å²) in [5.41, 5.74) is 5.27. The van der Waals surface area contributed by atoms with Gasteiger partial charge >= 0.3 is 0 Å². The zero-order valence-electron chi connectivity index (χ0n) is 8.42. The molecule has 2 saturated heterocycles. The number of carbonyl (C=O) groups excluding carboxylic acids is 1. The molecule has 14 heavy (non-hydrogen) atoms. The third-order valence-corrected chi connectivity index (χ3v) is 3.72. The molecule has 2 heterocycles. The number of primary amides is 1. The molecule has 0 aliphatic carbocycles. The summed E-state index contributed by atoms with van der Waals surface area (Å²) in [7, 11) is 0. The van der Waals surface area contributed by atoms with Crippen molar-refractivity contribution in [1.82, 2.24) is 5.32 Å². The number of hydrogen-bond acceptors (Lipinski definition) is 3. The van der Waals surface area contributed by atoms with Gasteiger partial charge in [0.2, 0.25) is 5.91 Å². The maximum absolute atomic E-state index is 11.6. The summed E-state index contributed by atoms with van der Waals surface area (Å²) >= 11 is 0. The molecule has 3 N–H and O–H groups in total. The fourth-order valence-electron chi connectivity index (χ4n) is 2.72. The van der Waals surface area contributed by atoms with Crippen LogP contribution in [0.25, 0.3) is 0 Å². The highest BCUT2D eigenvalue weighted by atomic mass is 16.5. The van der Waals surface area contributed by atoms with Gasteiger partial charge < -0.3 is 15.8 Å². The first-order valence-corrected chi connectivity index (χ1v) is 5.34. The van der Waals surface area contributed by atoms with Gasteiger partial charge in [0.15, 0.2) is 0 Å². The minimum absolute atomic E-state index is 0.130. The van der Waals surface area contributed by atoms with Crippen molar-refractivity contribution in [2.45, 2.75) is 19.3 Å². The highest BCUT2D eigenvalue weighted by Gasteiger charge is 2.45. The molecular weight excluding hydrogens is 180 g/mol. The molecule has 80 valence electrons. The Hall–Kier alpha value is -0.610. The molecule has 1 atom stereocenters. The molecule has 0 spiro atoms. The van der Waals surface area contributed by atoms with Crippen LogP contribution < -0.4 is 11.1 Å². The second-order valence-corrected chi connectivity index (χ2v) is 4.32. The fraction of sp³-hybridized carbons (Fsp3) is 0.900. The van der Waals surface area contributed by atoms with Crippen molar-refractivity contribution in [2.24, 2.45) is 17.1 Å². The maximum atomic E-state index is 11.6. The van der Waals surface area contributed by atoms with Gasteiger partial charge in [0.25, 0.3) is 0 Å². The topological polar surface area (TPSA) is 64.4 Å². The van der Waals surface area contributed by atoms with Gasteiger partial charge in [-0.1, -0.05) is 0 Å². The molecule has 0 bridgehead atoms. The zero-order valence-corrected chi connectivity index (χ0v) is 8.42. The van der Waals surface area contributed by atoms with E-state index in [1.807, 2.05) is 0 Å². The summed E-state index contributed by atoms with van der Waals surface area (Å²) in [6.45, 7) is 3.31. The summed E-state index contributed by atoms with van der Waals surface area (Å²) in [6, 6.07) is 0. The Kier molecular flexibility index (Phi) is 2.74. The molecule has 0 saturated carbocycles. The Morgan fingerprint density at radius 1 is 1.43 bits per heavy atom. The van der Waals surface area contributed by atoms with Crippen LogP contribution in [0.4, 0.5) is 0 Å². The van der Waals surface area contributed by atoms with Gasteiger partial charge in [0.05, 0.1) is 5.41 Å². The monoisotopic (exact) mass is 198 g/mol. The molecule has 0 aromatic rings. The number of hydrogen-bond donors (Lipinski definition) is 2. The quantitative estimate of drug-likeness (QED) is 0.650. The van der Waals surface area contributed by atoms with Gasteiger partial charge in [0, 0.05) is 13.2 Å². The Morgan fingerprint density at radius 2 is 2.14 bits per heavy atom. The van der Waals surface area contributed by atoms with Crippen LogP contribution in [0, 0.1) is 11.3 Å². The van der Waals surface area contributed by atoms with Crippen molar-refractivity contribution in [3.05, 3.63) is 0 Å². The zero-order chi connectivity index (χ0) is 10.0. The maximum Gasteiger partial charge on any atom is 0.224 e. The molecule has 2 aliphatic rings. The van der Waals surface area contributed by atoms with E-state index in [0.717, 1.165) is 32.4 Å². The molecule has 4 heteroatoms. The van der Waals surface area contributed by atoms with E-state index in [9.17, 15) is 4.79 Å². The van der Waals surface area contributed by atoms with E-state index >= 15 is 0 Å². The lowest BCUT2D eigenvalue weighted by atomic mass is 9.69. The summed E-state index contributed by atoms with van der Waals surface area (Å²) in [5.74, 6) is 0.290. The normalized spacial score (nSPS) is 31.6. The van der Waals surface area contributed by atoms with Crippen LogP contribution in [0.3, 0.4) is 0 Å². The van der Waals surface area contributed by atoms with Crippen LogP contribution in [0.15, 0.2) is 0 Å². The predicted molar refractivity (Wildman–Crippen MR) is 52.7 cm³/mol. The van der Waals surface area contributed by atoms with Gasteiger partial charge in [0.1, 0.15) is 0 Å². The summed E-state index contributed by atoms with van der Waals surface area (Å²) < 4.78 is 5.31. The lowest BCUT2D eigenvalue weighted by Gasteiger charge is -2.38. The highest BCUT2D eigenvalue weighted by Crippen LogP contribution is 2.40. The predicted octanol–water partition coefficient (Wildman–Crippen LogP) is -0.122. The molecule has 1 amide bonds. The lowest BCUT2D eigenvalue weighted by molar-refractivity contribution is -0.137. The van der Waals surface area contributed by atoms with E-state index in [0.29, 0.717) is 19.1 Å². The van der Waals surface area contributed by atoms with E-state index < -0.39 is 0 Å². The van der Waals surface area contributed by atoms with E-state index in [1.54, 1.807) is 0 Å². The van der Waals surface area contributed by atoms with Crippen molar-refractivity contribution in [3.8, 4) is 0 Å². The number of amides is 1. The molecule has 0 aromatic carbocycles. The fourth-order valence-corrected chi connectivity index (χ4v) is 2.72. The summed E-state index contributed by atoms with van der Waals surface area (Å²) in [5, 5.41) is 3.30. The van der Waals surface area contributed by atoms with Crippen LogP contribution in [0.1, 0.15) is 19.3 Å². The number of nitrogens with one attached hydrogen (secondary N) is 1. The van der Waals surface area contributed by atoms with E-state index in [4.69, 9.17) is 10.5 Å². The second-order valence-electron chi connectivity index (χ2n) is 4.32. The SMILES string of the molecule is NC(=O)C1(C2CCNC2)CCOCC1. The van der Waals surface area contributed by atoms with Crippen molar-refractivity contribution < 1.29 is 9.53 Å². The third kappa shape index (κ3) is 1.53. The minimum atomic E-state index is -0.290. The van der Waals surface area contributed by atoms with Crippen LogP contribution in [0.2, 0.25) is 0 Å². The van der Waals surface area contributed by atoms with Crippen molar-refractivity contribution in [1.29, 1.82) is 0 Å². The average Bonchev–Trinajstić information content (AvgIpc) is 2.72. The Balaban J connectivity index is 2.15. The molecule has 2 aliphatic heterocycles. The molecule has 2 fully saturated rings. The second kappa shape index (κ2) is 3.87. The molecule has 1 unspecified atom stereocenters. The smallest absolute Gasteiger partial charge is 0.224 e. The van der Waals surface area contributed by atoms with Crippen LogP contribution in [-0.4, -0.2) is 32.2 Å². The third-order valence-electron chi connectivity index (χ3n) is 3.72. The largest absolute Gasteiger partial charge is 0.381 e. The first-order valence-electron chi connectivity index (χ1n) is 5.34. The highest BCUT2D eigenvalue weighted by molar-refractivity contribution is 5.81. The average molecular weight is 198 g/mol. The van der Waals surface area contributed by atoms with Gasteiger partial charge in [-0.15, -0.1) is 0 Å². The number of ether oxygens (including phenoxy) is 1. The van der Waals surface area contributed by atoms with Gasteiger partial charge in [-0.25, -0.2) is 0 Å². The van der Waals surface area contributed by atoms with Gasteiger partial charge in [-0.05, 0) is 38.3 Å². The first kappa shape index (κ1) is 9.93. The number of rotatable bonds is 2. The summed E-state index contributed by atoms with van der Waals surface area (Å²) in [6.07, 6.45) is 2.67. The van der Waals surface area contributed by atoms with E-state index in [-0.39, 0.29) is 11.3 Å². The Labute approximate surface area is 84.2 Å². The van der Waals surface area contributed by atoms with E-state index in [2.05, 4.69) is 5.32 Å². The van der Waals surface area contributed by atoms with Crippen LogP contribution in [0.5, 0.6) is 0 Å². The van der Waals surface area contributed by atoms with Gasteiger partial charge in [-0.2, -0.15) is 0 Å². The molecule has 0 radical (unpaired) electrons. The lowest BCUT2D eigenvalue weighted by Crippen LogP contribution is -2.47. The standard InChI is InChI=1S/C10H18N2O2/c11-9(13)10(2-5-14-6-3-10)8-1-4-12-7-8/h8,12H,1-7H2,(H2,11,13). The number of nitrogens with two attached hydrogens (primary N) is 1. The molecule has 0 aromatic heterocycles. The molecule has 2 rings (SSSR count). The number of carbonyl (C=O) groups is 1. The Bertz CT molecular complexity index is 218. The van der Waals surface area contributed by atoms with Crippen molar-refractivity contribution in [2.75, 3.05) is 26.3 Å². The molecular formula is C10H18N2O2. The van der Waals surface area contributed by atoms with Gasteiger partial charge in [-0.3, -0.25) is 4.79 Å². The van der Waals surface area contributed by atoms with Crippen LogP contribution >= 0.6 is 0 Å².